The van der Waals surface area contributed by atoms with E-state index >= 15 is 0 Å². The number of primary amides is 1. The van der Waals surface area contributed by atoms with Crippen molar-refractivity contribution in [2.24, 2.45) is 5.73 Å². The summed E-state index contributed by atoms with van der Waals surface area (Å²) >= 11 is 5.72. The van der Waals surface area contributed by atoms with Gasteiger partial charge in [0.15, 0.2) is 0 Å². The van der Waals surface area contributed by atoms with E-state index in [1.165, 1.54) is 12.1 Å². The quantitative estimate of drug-likeness (QED) is 0.876. The summed E-state index contributed by atoms with van der Waals surface area (Å²) in [6, 6.07) is 2.67. The average molecular weight is 328 g/mol. The zero-order valence-electron chi connectivity index (χ0n) is 12.7. The number of carbonyl (C=O) groups is 2. The lowest BCUT2D eigenvalue weighted by Gasteiger charge is -2.39. The van der Waals surface area contributed by atoms with Crippen LogP contribution in [0, 0.1) is 5.82 Å². The van der Waals surface area contributed by atoms with Crippen molar-refractivity contribution in [3.63, 3.8) is 0 Å². The van der Waals surface area contributed by atoms with Gasteiger partial charge in [-0.2, -0.15) is 0 Å². The Hall–Kier alpha value is -1.82. The summed E-state index contributed by atoms with van der Waals surface area (Å²) in [6.45, 7) is 5.66. The van der Waals surface area contributed by atoms with Gasteiger partial charge in [-0.05, 0) is 38.5 Å². The highest BCUT2D eigenvalue weighted by Gasteiger charge is 2.46. The second-order valence-electron chi connectivity index (χ2n) is 6.37. The predicted octanol–water partition coefficient (Wildman–Crippen LogP) is 2.59. The fourth-order valence-electron chi connectivity index (χ4n) is 2.91. The standard InChI is InChI=1S/C15H19ClFN3O2/c1-15(2,3)20-12(21)7-11(19-14(18)22)13(20)8-4-5-9(16)10(17)6-8/h4-6,11,13H,7H2,1-3H3,(H3,18,19,22)/t11-,13+/m1/s1. The number of nitrogens with one attached hydrogen (secondary N) is 1. The molecule has 2 atom stereocenters. The molecule has 2 rings (SSSR count). The molecule has 1 saturated heterocycles. The number of hydrogen-bond donors (Lipinski definition) is 2. The van der Waals surface area contributed by atoms with Gasteiger partial charge in [0.05, 0.1) is 17.1 Å². The molecule has 22 heavy (non-hydrogen) atoms. The highest BCUT2D eigenvalue weighted by Crippen LogP contribution is 2.39. The lowest BCUT2D eigenvalue weighted by Crippen LogP contribution is -2.47. The van der Waals surface area contributed by atoms with E-state index in [0.717, 1.165) is 0 Å². The number of nitrogens with zero attached hydrogens (tertiary/aromatic N) is 1. The lowest BCUT2D eigenvalue weighted by molar-refractivity contribution is -0.133. The van der Waals surface area contributed by atoms with Crippen molar-refractivity contribution < 1.29 is 14.0 Å². The molecule has 0 unspecified atom stereocenters. The van der Waals surface area contributed by atoms with Crippen LogP contribution in [0.3, 0.4) is 0 Å². The summed E-state index contributed by atoms with van der Waals surface area (Å²) in [6.07, 6.45) is 0.120. The molecule has 1 aliphatic heterocycles. The molecule has 5 nitrogen and oxygen atoms in total. The molecule has 1 aromatic rings. The van der Waals surface area contributed by atoms with Crippen molar-refractivity contribution in [3.8, 4) is 0 Å². The summed E-state index contributed by atoms with van der Waals surface area (Å²) in [5.41, 5.74) is 5.28. The Morgan fingerprint density at radius 1 is 1.45 bits per heavy atom. The molecule has 1 fully saturated rings. The number of halogens is 2. The zero-order chi connectivity index (χ0) is 16.7. The van der Waals surface area contributed by atoms with Crippen LogP contribution in [-0.4, -0.2) is 28.4 Å². The van der Waals surface area contributed by atoms with Crippen LogP contribution in [0.4, 0.5) is 9.18 Å². The highest BCUT2D eigenvalue weighted by molar-refractivity contribution is 6.30. The van der Waals surface area contributed by atoms with Crippen molar-refractivity contribution in [2.45, 2.75) is 44.8 Å². The minimum absolute atomic E-state index is 0.00907. The third-order valence-electron chi connectivity index (χ3n) is 3.66. The van der Waals surface area contributed by atoms with Crippen molar-refractivity contribution in [1.29, 1.82) is 0 Å². The maximum absolute atomic E-state index is 13.8. The number of likely N-dealkylation sites (tertiary alicyclic amines) is 1. The third-order valence-corrected chi connectivity index (χ3v) is 3.96. The van der Waals surface area contributed by atoms with Gasteiger partial charge >= 0.3 is 6.03 Å². The average Bonchev–Trinajstić information content (AvgIpc) is 2.68. The van der Waals surface area contributed by atoms with Crippen LogP contribution in [-0.2, 0) is 4.79 Å². The molecule has 3 N–H and O–H groups in total. The van der Waals surface area contributed by atoms with E-state index < -0.39 is 29.5 Å². The van der Waals surface area contributed by atoms with Crippen molar-refractivity contribution >= 4 is 23.5 Å². The molecule has 1 aromatic carbocycles. The molecular weight excluding hydrogens is 309 g/mol. The summed E-state index contributed by atoms with van der Waals surface area (Å²) < 4.78 is 13.8. The molecule has 1 heterocycles. The second kappa shape index (κ2) is 5.76. The number of hydrogen-bond acceptors (Lipinski definition) is 2. The summed E-state index contributed by atoms with van der Waals surface area (Å²) in [7, 11) is 0. The maximum atomic E-state index is 13.8. The van der Waals surface area contributed by atoms with Crippen LogP contribution < -0.4 is 11.1 Å². The van der Waals surface area contributed by atoms with Crippen LogP contribution in [0.1, 0.15) is 38.8 Å². The number of nitrogens with two attached hydrogens (primary N) is 1. The second-order valence-corrected chi connectivity index (χ2v) is 6.78. The van der Waals surface area contributed by atoms with E-state index in [-0.39, 0.29) is 17.4 Å². The van der Waals surface area contributed by atoms with Gasteiger partial charge in [-0.1, -0.05) is 17.7 Å². The summed E-state index contributed by atoms with van der Waals surface area (Å²) in [4.78, 5) is 25.2. The van der Waals surface area contributed by atoms with Gasteiger partial charge < -0.3 is 16.0 Å². The first kappa shape index (κ1) is 16.5. The van der Waals surface area contributed by atoms with E-state index in [4.69, 9.17) is 17.3 Å². The number of amides is 3. The number of benzene rings is 1. The van der Waals surface area contributed by atoms with Crippen LogP contribution in [0.15, 0.2) is 18.2 Å². The first-order chi connectivity index (χ1) is 10.1. The zero-order valence-corrected chi connectivity index (χ0v) is 13.4. The molecule has 3 amide bonds. The Kier molecular flexibility index (Phi) is 4.33. The minimum atomic E-state index is -0.715. The Balaban J connectivity index is 2.48. The van der Waals surface area contributed by atoms with E-state index in [9.17, 15) is 14.0 Å². The molecule has 0 saturated carbocycles. The van der Waals surface area contributed by atoms with Crippen LogP contribution >= 0.6 is 11.6 Å². The molecule has 120 valence electrons. The summed E-state index contributed by atoms with van der Waals surface area (Å²) in [5.74, 6) is -0.684. The Morgan fingerprint density at radius 2 is 2.09 bits per heavy atom. The molecule has 1 aliphatic rings. The Bertz CT molecular complexity index is 615. The molecule has 0 aromatic heterocycles. The number of rotatable bonds is 2. The van der Waals surface area contributed by atoms with Gasteiger partial charge in [0.2, 0.25) is 5.91 Å². The Labute approximate surface area is 133 Å². The van der Waals surface area contributed by atoms with Gasteiger partial charge in [0, 0.05) is 12.0 Å². The first-order valence-electron chi connectivity index (χ1n) is 6.94. The van der Waals surface area contributed by atoms with E-state index in [1.54, 1.807) is 11.0 Å². The van der Waals surface area contributed by atoms with Crippen LogP contribution in [0.5, 0.6) is 0 Å². The molecule has 0 radical (unpaired) electrons. The van der Waals surface area contributed by atoms with Crippen molar-refractivity contribution in [3.05, 3.63) is 34.6 Å². The molecule has 0 spiro atoms. The van der Waals surface area contributed by atoms with Gasteiger partial charge in [-0.25, -0.2) is 9.18 Å². The lowest BCUT2D eigenvalue weighted by atomic mass is 9.96. The minimum Gasteiger partial charge on any atom is -0.352 e. The molecule has 0 aliphatic carbocycles. The molecule has 0 bridgehead atoms. The fourth-order valence-corrected chi connectivity index (χ4v) is 3.03. The summed E-state index contributed by atoms with van der Waals surface area (Å²) in [5, 5.41) is 2.59. The van der Waals surface area contributed by atoms with Crippen molar-refractivity contribution in [2.75, 3.05) is 0 Å². The molecule has 7 heteroatoms. The molecular formula is C15H19ClFN3O2. The monoisotopic (exact) mass is 327 g/mol. The smallest absolute Gasteiger partial charge is 0.312 e. The van der Waals surface area contributed by atoms with E-state index in [2.05, 4.69) is 5.32 Å². The SMILES string of the molecule is CC(C)(C)N1C(=O)C[C@@H](NC(N)=O)[C@@H]1c1ccc(Cl)c(F)c1. The maximum Gasteiger partial charge on any atom is 0.312 e. The topological polar surface area (TPSA) is 75.4 Å². The van der Waals surface area contributed by atoms with Crippen molar-refractivity contribution in [1.82, 2.24) is 10.2 Å². The number of urea groups is 1. The van der Waals surface area contributed by atoms with Gasteiger partial charge in [-0.15, -0.1) is 0 Å². The van der Waals surface area contributed by atoms with E-state index in [1.807, 2.05) is 20.8 Å². The van der Waals surface area contributed by atoms with Crippen LogP contribution in [0.25, 0.3) is 0 Å². The number of carbonyl (C=O) groups excluding carboxylic acids is 2. The van der Waals surface area contributed by atoms with Crippen LogP contribution in [0.2, 0.25) is 5.02 Å². The van der Waals surface area contributed by atoms with Gasteiger partial charge in [-0.3, -0.25) is 4.79 Å². The highest BCUT2D eigenvalue weighted by atomic mass is 35.5. The first-order valence-corrected chi connectivity index (χ1v) is 7.32. The fraction of sp³-hybridized carbons (Fsp3) is 0.467. The largest absolute Gasteiger partial charge is 0.352 e. The van der Waals surface area contributed by atoms with Gasteiger partial charge in [0.1, 0.15) is 5.82 Å². The van der Waals surface area contributed by atoms with E-state index in [0.29, 0.717) is 5.56 Å². The van der Waals surface area contributed by atoms with Gasteiger partial charge in [0.25, 0.3) is 0 Å². The Morgan fingerprint density at radius 3 is 2.59 bits per heavy atom. The normalized spacial score (nSPS) is 22.0. The third kappa shape index (κ3) is 3.16. The predicted molar refractivity (Wildman–Crippen MR) is 81.9 cm³/mol.